The lowest BCUT2D eigenvalue weighted by molar-refractivity contribution is 0.0758. The van der Waals surface area contributed by atoms with E-state index in [2.05, 4.69) is 30.9 Å². The molecule has 28 heavy (non-hydrogen) atoms. The van der Waals surface area contributed by atoms with E-state index >= 15 is 0 Å². The van der Waals surface area contributed by atoms with Crippen molar-refractivity contribution in [3.63, 3.8) is 0 Å². The summed E-state index contributed by atoms with van der Waals surface area (Å²) in [5, 5.41) is 10.2. The van der Waals surface area contributed by atoms with E-state index in [4.69, 9.17) is 4.74 Å². The van der Waals surface area contributed by atoms with Gasteiger partial charge in [0.1, 0.15) is 11.5 Å². The van der Waals surface area contributed by atoms with Gasteiger partial charge in [0.15, 0.2) is 0 Å². The fourth-order valence-corrected chi connectivity index (χ4v) is 3.58. The van der Waals surface area contributed by atoms with Gasteiger partial charge in [0.25, 0.3) is 5.91 Å². The largest absolute Gasteiger partial charge is 0.507 e. The average Bonchev–Trinajstić information content (AvgIpc) is 2.94. The van der Waals surface area contributed by atoms with Gasteiger partial charge in [-0.15, -0.1) is 0 Å². The molecule has 3 rings (SSSR count). The number of carbonyl (C=O) groups excluding carboxylic acids is 1. The fourth-order valence-electron chi connectivity index (χ4n) is 3.58. The van der Waals surface area contributed by atoms with Gasteiger partial charge in [-0.3, -0.25) is 9.69 Å². The first-order chi connectivity index (χ1) is 13.5. The van der Waals surface area contributed by atoms with Crippen molar-refractivity contribution in [2.24, 2.45) is 0 Å². The zero-order valence-electron chi connectivity index (χ0n) is 17.0. The lowest BCUT2D eigenvalue weighted by Gasteiger charge is -2.23. The molecule has 2 aromatic carbocycles. The van der Waals surface area contributed by atoms with Crippen molar-refractivity contribution in [1.29, 1.82) is 0 Å². The van der Waals surface area contributed by atoms with Gasteiger partial charge in [-0.25, -0.2) is 0 Å². The highest BCUT2D eigenvalue weighted by Gasteiger charge is 2.23. The maximum Gasteiger partial charge on any atom is 0.257 e. The quantitative estimate of drug-likeness (QED) is 0.853. The molecule has 1 aliphatic heterocycles. The van der Waals surface area contributed by atoms with Crippen LogP contribution in [0.4, 0.5) is 0 Å². The van der Waals surface area contributed by atoms with E-state index in [1.165, 1.54) is 5.56 Å². The molecular formula is C23H30N2O3. The van der Waals surface area contributed by atoms with Gasteiger partial charge in [-0.05, 0) is 47.7 Å². The average molecular weight is 383 g/mol. The summed E-state index contributed by atoms with van der Waals surface area (Å²) in [4.78, 5) is 17.3. The number of amides is 1. The van der Waals surface area contributed by atoms with Crippen molar-refractivity contribution in [2.45, 2.75) is 32.7 Å². The van der Waals surface area contributed by atoms with Gasteiger partial charge in [0.2, 0.25) is 0 Å². The minimum Gasteiger partial charge on any atom is -0.507 e. The van der Waals surface area contributed by atoms with Gasteiger partial charge in [-0.2, -0.15) is 0 Å². The van der Waals surface area contributed by atoms with Crippen LogP contribution in [0.5, 0.6) is 11.5 Å². The molecule has 1 N–H and O–H groups in total. The zero-order valence-corrected chi connectivity index (χ0v) is 17.0. The number of phenolic OH excluding ortho intramolecular Hbond substituents is 1. The van der Waals surface area contributed by atoms with Crippen molar-refractivity contribution in [2.75, 3.05) is 33.3 Å². The maximum atomic E-state index is 13.0. The van der Waals surface area contributed by atoms with Crippen LogP contribution in [0.15, 0.2) is 42.5 Å². The SMILES string of the molecule is COc1ccc(CN2CCCN(C(=O)c3cc(C(C)C)ccc3O)CC2)cc1. The lowest BCUT2D eigenvalue weighted by Crippen LogP contribution is -2.35. The molecule has 0 aromatic heterocycles. The number of hydrogen-bond acceptors (Lipinski definition) is 4. The first kappa shape index (κ1) is 20.2. The molecule has 1 amide bonds. The molecule has 0 bridgehead atoms. The minimum absolute atomic E-state index is 0.0636. The van der Waals surface area contributed by atoms with Gasteiger partial charge >= 0.3 is 0 Å². The number of phenols is 1. The van der Waals surface area contributed by atoms with Crippen molar-refractivity contribution in [3.05, 3.63) is 59.2 Å². The fraction of sp³-hybridized carbons (Fsp3) is 0.435. The number of nitrogens with zero attached hydrogens (tertiary/aromatic N) is 2. The molecule has 0 unspecified atom stereocenters. The second kappa shape index (κ2) is 9.11. The molecule has 1 saturated heterocycles. The molecule has 1 heterocycles. The predicted octanol–water partition coefficient (Wildman–Crippen LogP) is 3.87. The molecule has 0 aliphatic carbocycles. The number of ether oxygens (including phenoxy) is 1. The Bertz CT molecular complexity index is 802. The number of benzene rings is 2. The van der Waals surface area contributed by atoms with Crippen molar-refractivity contribution >= 4 is 5.91 Å². The van der Waals surface area contributed by atoms with Crippen LogP contribution in [-0.4, -0.2) is 54.1 Å². The minimum atomic E-state index is -0.0775. The third-order valence-corrected chi connectivity index (χ3v) is 5.36. The van der Waals surface area contributed by atoms with E-state index in [1.807, 2.05) is 29.2 Å². The highest BCUT2D eigenvalue weighted by molar-refractivity contribution is 5.97. The molecule has 5 nitrogen and oxygen atoms in total. The molecule has 0 saturated carbocycles. The van der Waals surface area contributed by atoms with E-state index in [-0.39, 0.29) is 11.7 Å². The molecule has 2 aromatic rings. The number of carbonyl (C=O) groups is 1. The van der Waals surface area contributed by atoms with Crippen LogP contribution in [0.2, 0.25) is 0 Å². The Labute approximate surface area is 167 Å². The summed E-state index contributed by atoms with van der Waals surface area (Å²) in [6, 6.07) is 13.5. The van der Waals surface area contributed by atoms with Gasteiger partial charge < -0.3 is 14.7 Å². The maximum absolute atomic E-state index is 13.0. The smallest absolute Gasteiger partial charge is 0.257 e. The Kier molecular flexibility index (Phi) is 6.57. The van der Waals surface area contributed by atoms with Crippen molar-refractivity contribution in [3.8, 4) is 11.5 Å². The van der Waals surface area contributed by atoms with Crippen LogP contribution in [0, 0.1) is 0 Å². The highest BCUT2D eigenvalue weighted by atomic mass is 16.5. The summed E-state index contributed by atoms with van der Waals surface area (Å²) in [7, 11) is 1.67. The van der Waals surface area contributed by atoms with Crippen LogP contribution in [-0.2, 0) is 6.54 Å². The van der Waals surface area contributed by atoms with Gasteiger partial charge in [-0.1, -0.05) is 32.0 Å². The second-order valence-electron chi connectivity index (χ2n) is 7.70. The Hall–Kier alpha value is -2.53. The monoisotopic (exact) mass is 382 g/mol. The zero-order chi connectivity index (χ0) is 20.1. The lowest BCUT2D eigenvalue weighted by atomic mass is 9.99. The van der Waals surface area contributed by atoms with Crippen LogP contribution >= 0.6 is 0 Å². The van der Waals surface area contributed by atoms with Crippen LogP contribution in [0.25, 0.3) is 0 Å². The van der Waals surface area contributed by atoms with Crippen molar-refractivity contribution < 1.29 is 14.6 Å². The number of aromatic hydroxyl groups is 1. The summed E-state index contributed by atoms with van der Waals surface area (Å²) in [6.07, 6.45) is 0.923. The number of methoxy groups -OCH3 is 1. The molecule has 0 spiro atoms. The van der Waals surface area contributed by atoms with Crippen LogP contribution in [0.1, 0.15) is 47.7 Å². The predicted molar refractivity (Wildman–Crippen MR) is 111 cm³/mol. The second-order valence-corrected chi connectivity index (χ2v) is 7.70. The third kappa shape index (κ3) is 4.84. The van der Waals surface area contributed by atoms with Gasteiger partial charge in [0.05, 0.1) is 12.7 Å². The topological polar surface area (TPSA) is 53.0 Å². The molecule has 1 fully saturated rings. The summed E-state index contributed by atoms with van der Waals surface area (Å²) in [6.45, 7) is 8.19. The Morgan fingerprint density at radius 1 is 1.07 bits per heavy atom. The molecule has 5 heteroatoms. The van der Waals surface area contributed by atoms with Crippen LogP contribution in [0.3, 0.4) is 0 Å². The number of hydrogen-bond donors (Lipinski definition) is 1. The first-order valence-electron chi connectivity index (χ1n) is 9.95. The van der Waals surface area contributed by atoms with E-state index in [0.717, 1.165) is 37.4 Å². The summed E-state index contributed by atoms with van der Waals surface area (Å²) in [5.41, 5.74) is 2.72. The molecule has 0 atom stereocenters. The molecular weight excluding hydrogens is 352 g/mol. The van der Waals surface area contributed by atoms with E-state index in [1.54, 1.807) is 13.2 Å². The Morgan fingerprint density at radius 2 is 1.82 bits per heavy atom. The Morgan fingerprint density at radius 3 is 2.50 bits per heavy atom. The van der Waals surface area contributed by atoms with E-state index < -0.39 is 0 Å². The van der Waals surface area contributed by atoms with E-state index in [0.29, 0.717) is 24.6 Å². The molecule has 0 radical (unpaired) electrons. The summed E-state index contributed by atoms with van der Waals surface area (Å²) < 4.78 is 5.22. The third-order valence-electron chi connectivity index (χ3n) is 5.36. The summed E-state index contributed by atoms with van der Waals surface area (Å²) >= 11 is 0. The van der Waals surface area contributed by atoms with Crippen LogP contribution < -0.4 is 4.74 Å². The molecule has 1 aliphatic rings. The van der Waals surface area contributed by atoms with E-state index in [9.17, 15) is 9.90 Å². The first-order valence-corrected chi connectivity index (χ1v) is 9.95. The Balaban J connectivity index is 1.64. The number of rotatable bonds is 5. The standard InChI is InChI=1S/C23H30N2O3/c1-17(2)19-7-10-22(26)21(15-19)23(27)25-12-4-11-24(13-14-25)16-18-5-8-20(28-3)9-6-18/h5-10,15,17,26H,4,11-14,16H2,1-3H3. The normalized spacial score (nSPS) is 15.5. The van der Waals surface area contributed by atoms with Gasteiger partial charge in [0, 0.05) is 32.7 Å². The summed E-state index contributed by atoms with van der Waals surface area (Å²) in [5.74, 6) is 1.16. The molecule has 150 valence electrons. The highest BCUT2D eigenvalue weighted by Crippen LogP contribution is 2.25. The van der Waals surface area contributed by atoms with Crippen molar-refractivity contribution in [1.82, 2.24) is 9.80 Å².